The van der Waals surface area contributed by atoms with Gasteiger partial charge in [-0.25, -0.2) is 9.97 Å². The van der Waals surface area contributed by atoms with Crippen molar-refractivity contribution < 1.29 is 0 Å². The summed E-state index contributed by atoms with van der Waals surface area (Å²) in [4.78, 5) is 7.92. The first kappa shape index (κ1) is 11.2. The minimum atomic E-state index is 0.226. The first-order valence-electron chi connectivity index (χ1n) is 5.43. The van der Waals surface area contributed by atoms with Crippen molar-refractivity contribution in [1.29, 1.82) is 5.26 Å². The minimum Gasteiger partial charge on any atom is -0.370 e. The van der Waals surface area contributed by atoms with Crippen molar-refractivity contribution in [3.8, 4) is 6.07 Å². The second-order valence-electron chi connectivity index (χ2n) is 3.81. The van der Waals surface area contributed by atoms with Gasteiger partial charge in [0.25, 0.3) is 0 Å². The average molecular weight is 234 g/mol. The van der Waals surface area contributed by atoms with Gasteiger partial charge in [0, 0.05) is 12.7 Å². The van der Waals surface area contributed by atoms with Crippen molar-refractivity contribution in [3.63, 3.8) is 0 Å². The molecule has 1 N–H and O–H groups in total. The molecule has 1 aromatic heterocycles. The maximum Gasteiger partial charge on any atom is 0.234 e. The van der Waals surface area contributed by atoms with E-state index in [4.69, 9.17) is 5.26 Å². The highest BCUT2D eigenvalue weighted by Gasteiger charge is 2.13. The van der Waals surface area contributed by atoms with E-state index < -0.39 is 0 Å². The van der Waals surface area contributed by atoms with Crippen LogP contribution in [-0.4, -0.2) is 28.0 Å². The summed E-state index contributed by atoms with van der Waals surface area (Å²) < 4.78 is 0. The number of hydrogen-bond donors (Lipinski definition) is 1. The van der Waals surface area contributed by atoms with Gasteiger partial charge in [-0.15, -0.1) is 0 Å². The number of thioether (sulfide) groups is 1. The molecule has 1 fully saturated rings. The summed E-state index contributed by atoms with van der Waals surface area (Å²) in [5, 5.41) is 12.0. The number of aromatic nitrogens is 2. The van der Waals surface area contributed by atoms with Gasteiger partial charge in [-0.1, -0.05) is 0 Å². The van der Waals surface area contributed by atoms with Crippen LogP contribution in [0.25, 0.3) is 0 Å². The Balaban J connectivity index is 1.86. The van der Waals surface area contributed by atoms with Crippen LogP contribution < -0.4 is 5.32 Å². The van der Waals surface area contributed by atoms with E-state index in [1.165, 1.54) is 24.3 Å². The monoisotopic (exact) mass is 234 g/mol. The van der Waals surface area contributed by atoms with E-state index in [0.717, 1.165) is 18.3 Å². The van der Waals surface area contributed by atoms with Crippen molar-refractivity contribution in [3.05, 3.63) is 18.1 Å². The van der Waals surface area contributed by atoms with Crippen LogP contribution in [0, 0.1) is 17.2 Å². The fraction of sp³-hybridized carbons (Fsp3) is 0.545. The summed E-state index contributed by atoms with van der Waals surface area (Å²) in [5.41, 5.74) is 0. The highest BCUT2D eigenvalue weighted by atomic mass is 32.2. The second-order valence-corrected chi connectivity index (χ2v) is 5.04. The fourth-order valence-electron chi connectivity index (χ4n) is 1.71. The molecule has 1 aliphatic rings. The van der Waals surface area contributed by atoms with Gasteiger partial charge in [-0.2, -0.15) is 17.0 Å². The standard InChI is InChI=1S/C11H14N4S/c12-7-11-13-4-1-10(15-11)14-8-9-2-5-16-6-3-9/h1,4,9H,2-3,5-6,8H2,(H,13,14,15). The van der Waals surface area contributed by atoms with E-state index in [9.17, 15) is 0 Å². The Hall–Kier alpha value is -1.28. The molecule has 0 atom stereocenters. The van der Waals surface area contributed by atoms with Crippen LogP contribution in [0.3, 0.4) is 0 Å². The van der Waals surface area contributed by atoms with Crippen molar-refractivity contribution in [2.45, 2.75) is 12.8 Å². The number of nitrogens with zero attached hydrogens (tertiary/aromatic N) is 3. The third kappa shape index (κ3) is 3.11. The first-order chi connectivity index (χ1) is 7.88. The lowest BCUT2D eigenvalue weighted by Gasteiger charge is -2.21. The van der Waals surface area contributed by atoms with E-state index in [2.05, 4.69) is 15.3 Å². The Labute approximate surface area is 99.5 Å². The van der Waals surface area contributed by atoms with Gasteiger partial charge in [0.1, 0.15) is 11.9 Å². The molecule has 0 saturated carbocycles. The van der Waals surface area contributed by atoms with Crippen molar-refractivity contribution in [1.82, 2.24) is 9.97 Å². The number of anilines is 1. The number of nitriles is 1. The lowest BCUT2D eigenvalue weighted by molar-refractivity contribution is 0.515. The number of nitrogens with one attached hydrogen (secondary N) is 1. The summed E-state index contributed by atoms with van der Waals surface area (Å²) in [5.74, 6) is 4.25. The maximum absolute atomic E-state index is 8.67. The molecule has 5 heteroatoms. The second kappa shape index (κ2) is 5.71. The van der Waals surface area contributed by atoms with Crippen molar-refractivity contribution in [2.24, 2.45) is 5.92 Å². The van der Waals surface area contributed by atoms with Gasteiger partial charge >= 0.3 is 0 Å². The van der Waals surface area contributed by atoms with E-state index in [1.807, 2.05) is 17.8 Å². The van der Waals surface area contributed by atoms with Gasteiger partial charge < -0.3 is 5.32 Å². The predicted molar refractivity (Wildman–Crippen MR) is 65.3 cm³/mol. The molecule has 2 heterocycles. The Kier molecular flexibility index (Phi) is 4.00. The lowest BCUT2D eigenvalue weighted by atomic mass is 10.0. The molecule has 1 aromatic rings. The Morgan fingerprint density at radius 1 is 1.50 bits per heavy atom. The third-order valence-electron chi connectivity index (χ3n) is 2.67. The van der Waals surface area contributed by atoms with E-state index in [1.54, 1.807) is 12.3 Å². The maximum atomic E-state index is 8.67. The van der Waals surface area contributed by atoms with Crippen LogP contribution in [0.2, 0.25) is 0 Å². The largest absolute Gasteiger partial charge is 0.370 e. The molecular formula is C11H14N4S. The summed E-state index contributed by atoms with van der Waals surface area (Å²) in [6, 6.07) is 3.74. The Morgan fingerprint density at radius 2 is 2.31 bits per heavy atom. The molecule has 84 valence electrons. The Morgan fingerprint density at radius 3 is 3.06 bits per heavy atom. The fourth-order valence-corrected chi connectivity index (χ4v) is 2.91. The van der Waals surface area contributed by atoms with Crippen molar-refractivity contribution in [2.75, 3.05) is 23.4 Å². The molecule has 4 nitrogen and oxygen atoms in total. The van der Waals surface area contributed by atoms with Gasteiger partial charge in [0.15, 0.2) is 0 Å². The summed E-state index contributed by atoms with van der Waals surface area (Å²) in [6.45, 7) is 0.947. The van der Waals surface area contributed by atoms with Crippen LogP contribution in [0.15, 0.2) is 12.3 Å². The molecule has 2 rings (SSSR count). The predicted octanol–water partition coefficient (Wildman–Crippen LogP) is 1.90. The lowest BCUT2D eigenvalue weighted by Crippen LogP contribution is -2.19. The van der Waals surface area contributed by atoms with Crippen LogP contribution >= 0.6 is 11.8 Å². The molecule has 0 bridgehead atoms. The molecule has 1 saturated heterocycles. The SMILES string of the molecule is N#Cc1nccc(NCC2CCSCC2)n1. The van der Waals surface area contributed by atoms with E-state index >= 15 is 0 Å². The molecule has 0 unspecified atom stereocenters. The highest BCUT2D eigenvalue weighted by Crippen LogP contribution is 2.22. The van der Waals surface area contributed by atoms with Crippen LogP contribution in [0.5, 0.6) is 0 Å². The topological polar surface area (TPSA) is 61.6 Å². The molecule has 1 aliphatic heterocycles. The van der Waals surface area contributed by atoms with E-state index in [-0.39, 0.29) is 5.82 Å². The smallest absolute Gasteiger partial charge is 0.234 e. The van der Waals surface area contributed by atoms with Crippen LogP contribution in [0.1, 0.15) is 18.7 Å². The number of rotatable bonds is 3. The first-order valence-corrected chi connectivity index (χ1v) is 6.58. The molecule has 16 heavy (non-hydrogen) atoms. The van der Waals surface area contributed by atoms with Gasteiger partial charge in [-0.05, 0) is 36.3 Å². The van der Waals surface area contributed by atoms with Crippen LogP contribution in [0.4, 0.5) is 5.82 Å². The van der Waals surface area contributed by atoms with E-state index in [0.29, 0.717) is 0 Å². The highest BCUT2D eigenvalue weighted by molar-refractivity contribution is 7.99. The Bertz CT molecular complexity index is 382. The molecule has 0 spiro atoms. The number of hydrogen-bond acceptors (Lipinski definition) is 5. The zero-order chi connectivity index (χ0) is 11.2. The molecule has 0 aromatic carbocycles. The molecule has 0 aliphatic carbocycles. The molecule has 0 radical (unpaired) electrons. The quantitative estimate of drug-likeness (QED) is 0.865. The molecule has 0 amide bonds. The normalized spacial score (nSPS) is 16.7. The zero-order valence-corrected chi connectivity index (χ0v) is 9.83. The van der Waals surface area contributed by atoms with Gasteiger partial charge in [0.05, 0.1) is 0 Å². The minimum absolute atomic E-state index is 0.226. The summed E-state index contributed by atoms with van der Waals surface area (Å²) in [6.07, 6.45) is 4.16. The summed E-state index contributed by atoms with van der Waals surface area (Å²) >= 11 is 2.03. The van der Waals surface area contributed by atoms with Crippen molar-refractivity contribution >= 4 is 17.6 Å². The zero-order valence-electron chi connectivity index (χ0n) is 9.02. The van der Waals surface area contributed by atoms with Crippen LogP contribution in [-0.2, 0) is 0 Å². The summed E-state index contributed by atoms with van der Waals surface area (Å²) in [7, 11) is 0. The van der Waals surface area contributed by atoms with Gasteiger partial charge in [-0.3, -0.25) is 0 Å². The third-order valence-corrected chi connectivity index (χ3v) is 3.72. The molecular weight excluding hydrogens is 220 g/mol. The van der Waals surface area contributed by atoms with Gasteiger partial charge in [0.2, 0.25) is 5.82 Å². The average Bonchev–Trinajstić information content (AvgIpc) is 2.38.